The molecule has 2 amide bonds. The van der Waals surface area contributed by atoms with E-state index in [1.807, 2.05) is 49.4 Å². The van der Waals surface area contributed by atoms with E-state index in [4.69, 9.17) is 4.74 Å². The van der Waals surface area contributed by atoms with Crippen molar-refractivity contribution in [1.82, 2.24) is 0 Å². The average molecular weight is 415 g/mol. The SMILES string of the molecule is Cc1c(NC(=O)c2ccc(OC3CCCC3)cc2)cccc1C(=O)Nc1ccccc1. The lowest BCUT2D eigenvalue weighted by Crippen LogP contribution is -2.17. The molecule has 1 aliphatic carbocycles. The van der Waals surface area contributed by atoms with Gasteiger partial charge in [0.15, 0.2) is 0 Å². The third-order valence-corrected chi connectivity index (χ3v) is 5.58. The van der Waals surface area contributed by atoms with Crippen molar-refractivity contribution in [3.05, 3.63) is 89.5 Å². The van der Waals surface area contributed by atoms with Crippen molar-refractivity contribution in [2.45, 2.75) is 38.7 Å². The van der Waals surface area contributed by atoms with Crippen LogP contribution in [0.5, 0.6) is 5.75 Å². The molecule has 0 bridgehead atoms. The van der Waals surface area contributed by atoms with Gasteiger partial charge in [0.05, 0.1) is 6.10 Å². The van der Waals surface area contributed by atoms with Crippen LogP contribution in [-0.4, -0.2) is 17.9 Å². The molecule has 0 aromatic heterocycles. The Kier molecular flexibility index (Phi) is 6.32. The quantitative estimate of drug-likeness (QED) is 0.534. The van der Waals surface area contributed by atoms with Crippen LogP contribution < -0.4 is 15.4 Å². The standard InChI is InChI=1S/C26H26N2O3/c1-18-23(26(30)27-20-8-3-2-4-9-20)12-7-13-24(18)28-25(29)19-14-16-22(17-15-19)31-21-10-5-6-11-21/h2-4,7-9,12-17,21H,5-6,10-11H2,1H3,(H,27,30)(H,28,29). The Morgan fingerprint density at radius 1 is 0.806 bits per heavy atom. The minimum Gasteiger partial charge on any atom is -0.490 e. The zero-order valence-electron chi connectivity index (χ0n) is 17.6. The zero-order valence-corrected chi connectivity index (χ0v) is 17.6. The number of rotatable bonds is 6. The van der Waals surface area contributed by atoms with Gasteiger partial charge in [0.25, 0.3) is 11.8 Å². The second-order valence-corrected chi connectivity index (χ2v) is 7.80. The molecule has 0 atom stereocenters. The molecule has 4 rings (SSSR count). The number of carbonyl (C=O) groups excluding carboxylic acids is 2. The fourth-order valence-electron chi connectivity index (χ4n) is 3.81. The Morgan fingerprint density at radius 3 is 2.23 bits per heavy atom. The van der Waals surface area contributed by atoms with Crippen LogP contribution in [0.25, 0.3) is 0 Å². The molecule has 5 heteroatoms. The summed E-state index contributed by atoms with van der Waals surface area (Å²) in [6.07, 6.45) is 4.90. The molecule has 2 N–H and O–H groups in total. The van der Waals surface area contributed by atoms with Crippen LogP contribution >= 0.6 is 0 Å². The first-order valence-corrected chi connectivity index (χ1v) is 10.6. The van der Waals surface area contributed by atoms with Gasteiger partial charge in [-0.1, -0.05) is 24.3 Å². The van der Waals surface area contributed by atoms with Crippen molar-refractivity contribution >= 4 is 23.2 Å². The molecule has 1 fully saturated rings. The molecule has 1 saturated carbocycles. The third-order valence-electron chi connectivity index (χ3n) is 5.58. The van der Waals surface area contributed by atoms with Crippen LogP contribution in [0.2, 0.25) is 0 Å². The molecule has 0 unspecified atom stereocenters. The highest BCUT2D eigenvalue weighted by Gasteiger charge is 2.17. The first-order chi connectivity index (χ1) is 15.1. The molecule has 0 aliphatic heterocycles. The van der Waals surface area contributed by atoms with Gasteiger partial charge in [-0.15, -0.1) is 0 Å². The summed E-state index contributed by atoms with van der Waals surface area (Å²) in [6.45, 7) is 1.83. The van der Waals surface area contributed by atoms with Crippen LogP contribution in [0.15, 0.2) is 72.8 Å². The summed E-state index contributed by atoms with van der Waals surface area (Å²) in [4.78, 5) is 25.4. The molecular weight excluding hydrogens is 388 g/mol. The van der Waals surface area contributed by atoms with Crippen LogP contribution in [0.4, 0.5) is 11.4 Å². The summed E-state index contributed by atoms with van der Waals surface area (Å²) in [5.41, 5.74) is 3.10. The van der Waals surface area contributed by atoms with Gasteiger partial charge in [0, 0.05) is 22.5 Å². The van der Waals surface area contributed by atoms with E-state index >= 15 is 0 Å². The van der Waals surface area contributed by atoms with E-state index in [1.54, 1.807) is 30.3 Å². The summed E-state index contributed by atoms with van der Waals surface area (Å²) < 4.78 is 5.96. The van der Waals surface area contributed by atoms with Crippen molar-refractivity contribution in [1.29, 1.82) is 0 Å². The van der Waals surface area contributed by atoms with Crippen molar-refractivity contribution in [3.8, 4) is 5.75 Å². The second kappa shape index (κ2) is 9.47. The highest BCUT2D eigenvalue weighted by molar-refractivity contribution is 6.08. The number of carbonyl (C=O) groups is 2. The number of benzene rings is 3. The number of para-hydroxylation sites is 1. The molecule has 1 aliphatic rings. The van der Waals surface area contributed by atoms with Gasteiger partial charge in [-0.3, -0.25) is 9.59 Å². The molecule has 0 saturated heterocycles. The maximum atomic E-state index is 12.7. The minimum atomic E-state index is -0.226. The Labute approximate surface area is 182 Å². The number of ether oxygens (including phenoxy) is 1. The summed E-state index contributed by atoms with van der Waals surface area (Å²) in [5, 5.41) is 5.80. The lowest BCUT2D eigenvalue weighted by atomic mass is 10.1. The van der Waals surface area contributed by atoms with E-state index in [2.05, 4.69) is 10.6 Å². The van der Waals surface area contributed by atoms with Gasteiger partial charge in [0.2, 0.25) is 0 Å². The number of anilines is 2. The zero-order chi connectivity index (χ0) is 21.6. The number of hydrogen-bond acceptors (Lipinski definition) is 3. The molecule has 3 aromatic rings. The Balaban J connectivity index is 1.43. The van der Waals surface area contributed by atoms with Crippen LogP contribution in [-0.2, 0) is 0 Å². The smallest absolute Gasteiger partial charge is 0.256 e. The van der Waals surface area contributed by atoms with E-state index in [0.29, 0.717) is 22.4 Å². The summed E-state index contributed by atoms with van der Waals surface area (Å²) in [7, 11) is 0. The largest absolute Gasteiger partial charge is 0.490 e. The summed E-state index contributed by atoms with van der Waals surface area (Å²) in [6, 6.07) is 21.8. The maximum absolute atomic E-state index is 12.7. The van der Waals surface area contributed by atoms with Crippen LogP contribution in [0.1, 0.15) is 52.0 Å². The predicted molar refractivity (Wildman–Crippen MR) is 123 cm³/mol. The van der Waals surface area contributed by atoms with Gasteiger partial charge < -0.3 is 15.4 Å². The summed E-state index contributed by atoms with van der Waals surface area (Å²) >= 11 is 0. The Morgan fingerprint density at radius 2 is 1.52 bits per heavy atom. The van der Waals surface area contributed by atoms with E-state index in [0.717, 1.165) is 24.3 Å². The highest BCUT2D eigenvalue weighted by atomic mass is 16.5. The van der Waals surface area contributed by atoms with Crippen molar-refractivity contribution in [3.63, 3.8) is 0 Å². The molecule has 31 heavy (non-hydrogen) atoms. The highest BCUT2D eigenvalue weighted by Crippen LogP contribution is 2.25. The average Bonchev–Trinajstić information content (AvgIpc) is 3.29. The van der Waals surface area contributed by atoms with Crippen molar-refractivity contribution in [2.24, 2.45) is 0 Å². The summed E-state index contributed by atoms with van der Waals surface area (Å²) in [5.74, 6) is 0.351. The lowest BCUT2D eigenvalue weighted by molar-refractivity contribution is 0.101. The van der Waals surface area contributed by atoms with Crippen LogP contribution in [0.3, 0.4) is 0 Å². The molecule has 5 nitrogen and oxygen atoms in total. The Bertz CT molecular complexity index is 1060. The fourth-order valence-corrected chi connectivity index (χ4v) is 3.81. The maximum Gasteiger partial charge on any atom is 0.256 e. The number of amides is 2. The van der Waals surface area contributed by atoms with E-state index in [-0.39, 0.29) is 17.9 Å². The third kappa shape index (κ3) is 5.12. The van der Waals surface area contributed by atoms with Crippen LogP contribution in [0, 0.1) is 6.92 Å². The number of nitrogens with one attached hydrogen (secondary N) is 2. The van der Waals surface area contributed by atoms with Crippen molar-refractivity contribution < 1.29 is 14.3 Å². The number of hydrogen-bond donors (Lipinski definition) is 2. The van der Waals surface area contributed by atoms with Crippen molar-refractivity contribution in [2.75, 3.05) is 10.6 Å². The predicted octanol–water partition coefficient (Wildman–Crippen LogP) is 5.82. The first kappa shape index (κ1) is 20.7. The van der Waals surface area contributed by atoms with E-state index < -0.39 is 0 Å². The molecular formula is C26H26N2O3. The molecule has 0 spiro atoms. The van der Waals surface area contributed by atoms with Gasteiger partial charge >= 0.3 is 0 Å². The molecule has 0 heterocycles. The van der Waals surface area contributed by atoms with Gasteiger partial charge in [-0.05, 0) is 86.7 Å². The first-order valence-electron chi connectivity index (χ1n) is 10.6. The van der Waals surface area contributed by atoms with Gasteiger partial charge in [-0.25, -0.2) is 0 Å². The normalized spacial score (nSPS) is 13.6. The molecule has 0 radical (unpaired) electrons. The molecule has 158 valence electrons. The molecule has 3 aromatic carbocycles. The van der Waals surface area contributed by atoms with E-state index in [9.17, 15) is 9.59 Å². The van der Waals surface area contributed by atoms with Gasteiger partial charge in [-0.2, -0.15) is 0 Å². The topological polar surface area (TPSA) is 67.4 Å². The van der Waals surface area contributed by atoms with E-state index in [1.165, 1.54) is 12.8 Å². The fraction of sp³-hybridized carbons (Fsp3) is 0.231. The van der Waals surface area contributed by atoms with Gasteiger partial charge in [0.1, 0.15) is 5.75 Å². The Hall–Kier alpha value is -3.60. The minimum absolute atomic E-state index is 0.215. The lowest BCUT2D eigenvalue weighted by Gasteiger charge is -2.14. The second-order valence-electron chi connectivity index (χ2n) is 7.80. The monoisotopic (exact) mass is 414 g/mol.